The molecule has 1 saturated heterocycles. The number of aryl methyl sites for hydroxylation is 1. The average Bonchev–Trinajstić information content (AvgIpc) is 2.52. The number of benzene rings is 1. The SMILES string of the molecule is Cc1cccc(C(=O)OCC(=O)N2CCCCC2)c1[N+](=O)[O-]. The molecular weight excluding hydrogens is 288 g/mol. The van der Waals surface area contributed by atoms with Crippen molar-refractivity contribution >= 4 is 17.6 Å². The molecule has 1 amide bonds. The summed E-state index contributed by atoms with van der Waals surface area (Å²) in [6, 6.07) is 4.43. The number of piperidine rings is 1. The molecule has 1 aromatic rings. The molecule has 0 unspecified atom stereocenters. The highest BCUT2D eigenvalue weighted by Gasteiger charge is 2.25. The Hall–Kier alpha value is -2.44. The summed E-state index contributed by atoms with van der Waals surface area (Å²) in [5.74, 6) is -1.11. The van der Waals surface area contributed by atoms with Crippen molar-refractivity contribution in [3.63, 3.8) is 0 Å². The molecule has 118 valence electrons. The van der Waals surface area contributed by atoms with Crippen LogP contribution in [0.3, 0.4) is 0 Å². The number of nitro benzene ring substituents is 1. The van der Waals surface area contributed by atoms with Gasteiger partial charge in [-0.2, -0.15) is 0 Å². The maximum absolute atomic E-state index is 12.0. The Morgan fingerprint density at radius 2 is 1.95 bits per heavy atom. The van der Waals surface area contributed by atoms with Crippen LogP contribution < -0.4 is 0 Å². The minimum atomic E-state index is -0.847. The third-order valence-corrected chi connectivity index (χ3v) is 3.68. The number of para-hydroxylation sites is 1. The van der Waals surface area contributed by atoms with Crippen molar-refractivity contribution in [3.8, 4) is 0 Å². The Balaban J connectivity index is 2.02. The number of nitro groups is 1. The molecule has 7 nitrogen and oxygen atoms in total. The highest BCUT2D eigenvalue weighted by atomic mass is 16.6. The number of carbonyl (C=O) groups excluding carboxylic acids is 2. The Kier molecular flexibility index (Phi) is 5.08. The molecule has 0 aliphatic carbocycles. The highest BCUT2D eigenvalue weighted by Crippen LogP contribution is 2.23. The van der Waals surface area contributed by atoms with Gasteiger partial charge in [0.15, 0.2) is 6.61 Å². The molecule has 1 aromatic carbocycles. The number of rotatable bonds is 4. The summed E-state index contributed by atoms with van der Waals surface area (Å²) in [6.07, 6.45) is 2.99. The summed E-state index contributed by atoms with van der Waals surface area (Å²) in [4.78, 5) is 36.0. The molecule has 2 rings (SSSR count). The summed E-state index contributed by atoms with van der Waals surface area (Å²) in [7, 11) is 0. The minimum Gasteiger partial charge on any atom is -0.452 e. The van der Waals surface area contributed by atoms with Crippen LogP contribution in [0.4, 0.5) is 5.69 Å². The number of nitrogens with zero attached hydrogens (tertiary/aromatic N) is 2. The van der Waals surface area contributed by atoms with Gasteiger partial charge in [0.1, 0.15) is 5.56 Å². The van der Waals surface area contributed by atoms with Crippen LogP contribution in [-0.4, -0.2) is 41.4 Å². The molecule has 1 heterocycles. The lowest BCUT2D eigenvalue weighted by Crippen LogP contribution is -2.38. The van der Waals surface area contributed by atoms with Gasteiger partial charge in [0.2, 0.25) is 0 Å². The molecule has 0 bridgehead atoms. The highest BCUT2D eigenvalue weighted by molar-refractivity contribution is 5.95. The maximum atomic E-state index is 12.0. The van der Waals surface area contributed by atoms with Gasteiger partial charge < -0.3 is 9.64 Å². The van der Waals surface area contributed by atoms with Crippen LogP contribution in [0, 0.1) is 17.0 Å². The molecule has 1 aliphatic heterocycles. The van der Waals surface area contributed by atoms with Crippen LogP contribution in [0.5, 0.6) is 0 Å². The van der Waals surface area contributed by atoms with Crippen LogP contribution in [0.15, 0.2) is 18.2 Å². The Labute approximate surface area is 128 Å². The predicted octanol–water partition coefficient (Wildman–Crippen LogP) is 2.07. The van der Waals surface area contributed by atoms with Gasteiger partial charge >= 0.3 is 5.97 Å². The lowest BCUT2D eigenvalue weighted by molar-refractivity contribution is -0.385. The van der Waals surface area contributed by atoms with E-state index in [4.69, 9.17) is 4.74 Å². The predicted molar refractivity (Wildman–Crippen MR) is 78.5 cm³/mol. The van der Waals surface area contributed by atoms with E-state index in [-0.39, 0.29) is 23.8 Å². The molecule has 0 saturated carbocycles. The zero-order valence-corrected chi connectivity index (χ0v) is 12.4. The smallest absolute Gasteiger partial charge is 0.345 e. The van der Waals surface area contributed by atoms with Crippen molar-refractivity contribution in [2.24, 2.45) is 0 Å². The molecule has 0 N–H and O–H groups in total. The fraction of sp³-hybridized carbons (Fsp3) is 0.467. The monoisotopic (exact) mass is 306 g/mol. The van der Waals surface area contributed by atoms with E-state index in [0.717, 1.165) is 19.3 Å². The third-order valence-electron chi connectivity index (χ3n) is 3.68. The van der Waals surface area contributed by atoms with Gasteiger partial charge in [-0.25, -0.2) is 4.79 Å². The fourth-order valence-electron chi connectivity index (χ4n) is 2.51. The first kappa shape index (κ1) is 15.9. The third kappa shape index (κ3) is 3.60. The summed E-state index contributed by atoms with van der Waals surface area (Å²) >= 11 is 0. The van der Waals surface area contributed by atoms with E-state index in [9.17, 15) is 19.7 Å². The van der Waals surface area contributed by atoms with E-state index >= 15 is 0 Å². The number of ether oxygens (including phenoxy) is 1. The van der Waals surface area contributed by atoms with Crippen LogP contribution in [0.25, 0.3) is 0 Å². The molecule has 0 spiro atoms. The Morgan fingerprint density at radius 3 is 2.59 bits per heavy atom. The van der Waals surface area contributed by atoms with E-state index < -0.39 is 10.9 Å². The average molecular weight is 306 g/mol. The normalized spacial score (nSPS) is 14.5. The number of hydrogen-bond donors (Lipinski definition) is 0. The molecule has 0 aromatic heterocycles. The van der Waals surface area contributed by atoms with Gasteiger partial charge in [0, 0.05) is 18.7 Å². The number of esters is 1. The van der Waals surface area contributed by atoms with Gasteiger partial charge in [-0.05, 0) is 32.3 Å². The topological polar surface area (TPSA) is 89.8 Å². The zero-order valence-electron chi connectivity index (χ0n) is 12.4. The molecule has 1 fully saturated rings. The van der Waals surface area contributed by atoms with Crippen molar-refractivity contribution in [3.05, 3.63) is 39.4 Å². The van der Waals surface area contributed by atoms with Crippen LogP contribution in [0.1, 0.15) is 35.2 Å². The Morgan fingerprint density at radius 1 is 1.27 bits per heavy atom. The van der Waals surface area contributed by atoms with Crippen molar-refractivity contribution in [1.82, 2.24) is 4.90 Å². The number of likely N-dealkylation sites (tertiary alicyclic amines) is 1. The lowest BCUT2D eigenvalue weighted by atomic mass is 10.1. The maximum Gasteiger partial charge on any atom is 0.345 e. The molecule has 0 atom stereocenters. The molecular formula is C15H18N2O5. The molecule has 7 heteroatoms. The van der Waals surface area contributed by atoms with Gasteiger partial charge in [-0.15, -0.1) is 0 Å². The summed E-state index contributed by atoms with van der Waals surface area (Å²) in [5.41, 5.74) is -0.0313. The van der Waals surface area contributed by atoms with E-state index in [1.54, 1.807) is 24.0 Å². The first-order valence-corrected chi connectivity index (χ1v) is 7.19. The van der Waals surface area contributed by atoms with E-state index in [2.05, 4.69) is 0 Å². The van der Waals surface area contributed by atoms with Gasteiger partial charge in [0.25, 0.3) is 11.6 Å². The second kappa shape index (κ2) is 7.02. The first-order chi connectivity index (χ1) is 10.5. The van der Waals surface area contributed by atoms with Crippen molar-refractivity contribution in [1.29, 1.82) is 0 Å². The number of amides is 1. The van der Waals surface area contributed by atoms with Crippen LogP contribution in [0.2, 0.25) is 0 Å². The number of hydrogen-bond acceptors (Lipinski definition) is 5. The van der Waals surface area contributed by atoms with Gasteiger partial charge in [-0.3, -0.25) is 14.9 Å². The van der Waals surface area contributed by atoms with E-state index in [1.807, 2.05) is 0 Å². The number of carbonyl (C=O) groups is 2. The molecule has 0 radical (unpaired) electrons. The lowest BCUT2D eigenvalue weighted by Gasteiger charge is -2.26. The quantitative estimate of drug-likeness (QED) is 0.482. The molecule has 22 heavy (non-hydrogen) atoms. The van der Waals surface area contributed by atoms with Crippen molar-refractivity contribution < 1.29 is 19.2 Å². The van der Waals surface area contributed by atoms with Gasteiger partial charge in [-0.1, -0.05) is 12.1 Å². The largest absolute Gasteiger partial charge is 0.452 e. The summed E-state index contributed by atoms with van der Waals surface area (Å²) < 4.78 is 4.95. The van der Waals surface area contributed by atoms with E-state index in [1.165, 1.54) is 6.07 Å². The summed E-state index contributed by atoms with van der Waals surface area (Å²) in [6.45, 7) is 2.50. The van der Waals surface area contributed by atoms with Crippen molar-refractivity contribution in [2.45, 2.75) is 26.2 Å². The minimum absolute atomic E-state index is 0.128. The molecule has 1 aliphatic rings. The second-order valence-electron chi connectivity index (χ2n) is 5.25. The van der Waals surface area contributed by atoms with Gasteiger partial charge in [0.05, 0.1) is 4.92 Å². The fourth-order valence-corrected chi connectivity index (χ4v) is 2.51. The second-order valence-corrected chi connectivity index (χ2v) is 5.25. The summed E-state index contributed by atoms with van der Waals surface area (Å²) in [5, 5.41) is 11.1. The van der Waals surface area contributed by atoms with Crippen molar-refractivity contribution in [2.75, 3.05) is 19.7 Å². The van der Waals surface area contributed by atoms with Crippen LogP contribution >= 0.6 is 0 Å². The first-order valence-electron chi connectivity index (χ1n) is 7.19. The van der Waals surface area contributed by atoms with Crippen LogP contribution in [-0.2, 0) is 9.53 Å². The van der Waals surface area contributed by atoms with E-state index in [0.29, 0.717) is 18.7 Å². The Bertz CT molecular complexity index is 594. The zero-order chi connectivity index (χ0) is 16.1. The standard InChI is InChI=1S/C15H18N2O5/c1-11-6-5-7-12(14(11)17(20)21)15(19)22-10-13(18)16-8-3-2-4-9-16/h5-7H,2-4,8-10H2,1H3.